The van der Waals surface area contributed by atoms with E-state index in [1.54, 1.807) is 0 Å². The predicted octanol–water partition coefficient (Wildman–Crippen LogP) is 1.26. The van der Waals surface area contributed by atoms with Gasteiger partial charge in [0.05, 0.1) is 11.9 Å². The lowest BCUT2D eigenvalue weighted by molar-refractivity contribution is 0.209. The molecule has 1 saturated heterocycles. The standard InChI is InChI=1S/C15H25N5/c1-12(2)19-5-7-20(8-6-19)15-11-16-9-14(18-15)10-17-13-3-4-13/h9,11-13,17H,3-8,10H2,1-2H3. The molecule has 0 unspecified atom stereocenters. The van der Waals surface area contributed by atoms with Crippen LogP contribution in [0.3, 0.4) is 0 Å². The van der Waals surface area contributed by atoms with Crippen molar-refractivity contribution in [2.45, 2.75) is 45.3 Å². The molecule has 0 amide bonds. The number of rotatable bonds is 5. The lowest BCUT2D eigenvalue weighted by atomic mass is 10.2. The highest BCUT2D eigenvalue weighted by Gasteiger charge is 2.22. The zero-order valence-corrected chi connectivity index (χ0v) is 12.5. The lowest BCUT2D eigenvalue weighted by Crippen LogP contribution is -2.49. The van der Waals surface area contributed by atoms with Gasteiger partial charge in [0.2, 0.25) is 0 Å². The average molecular weight is 275 g/mol. The van der Waals surface area contributed by atoms with E-state index in [1.165, 1.54) is 12.8 Å². The molecule has 2 fully saturated rings. The predicted molar refractivity (Wildman–Crippen MR) is 80.8 cm³/mol. The molecule has 0 spiro atoms. The maximum absolute atomic E-state index is 4.75. The normalized spacial score (nSPS) is 20.6. The van der Waals surface area contributed by atoms with Gasteiger partial charge in [-0.2, -0.15) is 0 Å². The topological polar surface area (TPSA) is 44.3 Å². The van der Waals surface area contributed by atoms with Gasteiger partial charge >= 0.3 is 0 Å². The summed E-state index contributed by atoms with van der Waals surface area (Å²) in [6, 6.07) is 1.35. The summed E-state index contributed by atoms with van der Waals surface area (Å²) in [5.41, 5.74) is 1.06. The molecule has 0 atom stereocenters. The van der Waals surface area contributed by atoms with Crippen molar-refractivity contribution in [2.24, 2.45) is 0 Å². The number of anilines is 1. The number of aromatic nitrogens is 2. The quantitative estimate of drug-likeness (QED) is 0.876. The monoisotopic (exact) mass is 275 g/mol. The van der Waals surface area contributed by atoms with E-state index < -0.39 is 0 Å². The van der Waals surface area contributed by atoms with Gasteiger partial charge in [0.1, 0.15) is 5.82 Å². The summed E-state index contributed by atoms with van der Waals surface area (Å²) < 4.78 is 0. The largest absolute Gasteiger partial charge is 0.353 e. The van der Waals surface area contributed by atoms with Crippen molar-refractivity contribution in [3.05, 3.63) is 18.1 Å². The number of nitrogens with zero attached hydrogens (tertiary/aromatic N) is 4. The Bertz CT molecular complexity index is 436. The average Bonchev–Trinajstić information content (AvgIpc) is 3.30. The van der Waals surface area contributed by atoms with Crippen molar-refractivity contribution in [3.63, 3.8) is 0 Å². The molecular formula is C15H25N5. The Labute approximate surface area is 121 Å². The van der Waals surface area contributed by atoms with E-state index in [-0.39, 0.29) is 0 Å². The summed E-state index contributed by atoms with van der Waals surface area (Å²) in [5.74, 6) is 1.03. The molecule has 2 aliphatic rings. The second kappa shape index (κ2) is 6.06. The Hall–Kier alpha value is -1.20. The Kier molecular flexibility index (Phi) is 4.17. The van der Waals surface area contributed by atoms with Crippen molar-refractivity contribution in [3.8, 4) is 0 Å². The molecule has 2 heterocycles. The molecule has 110 valence electrons. The minimum absolute atomic E-state index is 0.636. The molecule has 1 saturated carbocycles. The minimum atomic E-state index is 0.636. The van der Waals surface area contributed by atoms with E-state index in [9.17, 15) is 0 Å². The van der Waals surface area contributed by atoms with Crippen molar-refractivity contribution in [1.82, 2.24) is 20.2 Å². The molecule has 0 radical (unpaired) electrons. The zero-order chi connectivity index (χ0) is 13.9. The van der Waals surface area contributed by atoms with E-state index >= 15 is 0 Å². The molecule has 1 aliphatic heterocycles. The first kappa shape index (κ1) is 13.8. The van der Waals surface area contributed by atoms with Gasteiger partial charge in [0.25, 0.3) is 0 Å². The molecule has 1 aromatic heterocycles. The van der Waals surface area contributed by atoms with Gasteiger partial charge in [0.15, 0.2) is 0 Å². The minimum Gasteiger partial charge on any atom is -0.353 e. The molecule has 0 bridgehead atoms. The summed E-state index contributed by atoms with van der Waals surface area (Å²) in [6.45, 7) is 9.70. The van der Waals surface area contributed by atoms with Crippen LogP contribution >= 0.6 is 0 Å². The number of nitrogens with one attached hydrogen (secondary N) is 1. The number of hydrogen-bond donors (Lipinski definition) is 1. The Morgan fingerprint density at radius 2 is 1.95 bits per heavy atom. The van der Waals surface area contributed by atoms with Gasteiger partial charge in [-0.1, -0.05) is 0 Å². The number of hydrogen-bond acceptors (Lipinski definition) is 5. The fraction of sp³-hybridized carbons (Fsp3) is 0.733. The molecule has 1 N–H and O–H groups in total. The Morgan fingerprint density at radius 3 is 2.60 bits per heavy atom. The molecule has 20 heavy (non-hydrogen) atoms. The van der Waals surface area contributed by atoms with E-state index in [2.05, 4.69) is 33.9 Å². The highest BCUT2D eigenvalue weighted by Crippen LogP contribution is 2.19. The number of piperazine rings is 1. The van der Waals surface area contributed by atoms with Crippen molar-refractivity contribution >= 4 is 5.82 Å². The molecular weight excluding hydrogens is 250 g/mol. The zero-order valence-electron chi connectivity index (χ0n) is 12.5. The summed E-state index contributed by atoms with van der Waals surface area (Å²) in [5, 5.41) is 3.50. The van der Waals surface area contributed by atoms with Crippen LogP contribution in [-0.2, 0) is 6.54 Å². The summed E-state index contributed by atoms with van der Waals surface area (Å²) in [6.07, 6.45) is 6.39. The maximum atomic E-state index is 4.75. The maximum Gasteiger partial charge on any atom is 0.147 e. The summed E-state index contributed by atoms with van der Waals surface area (Å²) in [4.78, 5) is 14.0. The molecule has 1 aliphatic carbocycles. The molecule has 0 aromatic carbocycles. The molecule has 5 nitrogen and oxygen atoms in total. The Morgan fingerprint density at radius 1 is 1.20 bits per heavy atom. The Balaban J connectivity index is 1.57. The summed E-state index contributed by atoms with van der Waals surface area (Å²) >= 11 is 0. The smallest absolute Gasteiger partial charge is 0.147 e. The van der Waals surface area contributed by atoms with Gasteiger partial charge in [-0.25, -0.2) is 4.98 Å². The third-order valence-corrected chi connectivity index (χ3v) is 4.19. The third kappa shape index (κ3) is 3.46. The van der Waals surface area contributed by atoms with Gasteiger partial charge in [-0.05, 0) is 26.7 Å². The summed E-state index contributed by atoms with van der Waals surface area (Å²) in [7, 11) is 0. The van der Waals surface area contributed by atoms with E-state index in [0.717, 1.165) is 50.3 Å². The first-order valence-corrected chi connectivity index (χ1v) is 7.75. The molecule has 1 aromatic rings. The van der Waals surface area contributed by atoms with Crippen LogP contribution in [0.1, 0.15) is 32.4 Å². The second-order valence-corrected chi connectivity index (χ2v) is 6.14. The van der Waals surface area contributed by atoms with E-state index in [1.807, 2.05) is 12.4 Å². The van der Waals surface area contributed by atoms with Crippen LogP contribution in [0, 0.1) is 0 Å². The first-order chi connectivity index (χ1) is 9.72. The van der Waals surface area contributed by atoms with Gasteiger partial charge in [0, 0.05) is 51.0 Å². The van der Waals surface area contributed by atoms with Gasteiger partial charge in [-0.15, -0.1) is 0 Å². The van der Waals surface area contributed by atoms with E-state index in [4.69, 9.17) is 4.98 Å². The lowest BCUT2D eigenvalue weighted by Gasteiger charge is -2.37. The van der Waals surface area contributed by atoms with Gasteiger partial charge < -0.3 is 10.2 Å². The SMILES string of the molecule is CC(C)N1CCN(c2cncc(CNC3CC3)n2)CC1. The van der Waals surface area contributed by atoms with Crippen molar-refractivity contribution in [1.29, 1.82) is 0 Å². The first-order valence-electron chi connectivity index (χ1n) is 7.75. The highest BCUT2D eigenvalue weighted by atomic mass is 15.3. The van der Waals surface area contributed by atoms with Crippen molar-refractivity contribution < 1.29 is 0 Å². The second-order valence-electron chi connectivity index (χ2n) is 6.14. The van der Waals surface area contributed by atoms with Crippen LogP contribution in [0.4, 0.5) is 5.82 Å². The van der Waals surface area contributed by atoms with Crippen LogP contribution in [0.2, 0.25) is 0 Å². The fourth-order valence-corrected chi connectivity index (χ4v) is 2.64. The van der Waals surface area contributed by atoms with Crippen LogP contribution in [-0.4, -0.2) is 53.1 Å². The fourth-order valence-electron chi connectivity index (χ4n) is 2.64. The van der Waals surface area contributed by atoms with Crippen LogP contribution in [0.15, 0.2) is 12.4 Å². The van der Waals surface area contributed by atoms with Crippen LogP contribution in [0.5, 0.6) is 0 Å². The highest BCUT2D eigenvalue weighted by molar-refractivity contribution is 5.37. The van der Waals surface area contributed by atoms with Gasteiger partial charge in [-0.3, -0.25) is 9.88 Å². The molecule has 5 heteroatoms. The van der Waals surface area contributed by atoms with Crippen LogP contribution < -0.4 is 10.2 Å². The third-order valence-electron chi connectivity index (χ3n) is 4.19. The van der Waals surface area contributed by atoms with E-state index in [0.29, 0.717) is 6.04 Å². The van der Waals surface area contributed by atoms with Crippen molar-refractivity contribution in [2.75, 3.05) is 31.1 Å². The molecule has 3 rings (SSSR count). The van der Waals surface area contributed by atoms with Crippen LogP contribution in [0.25, 0.3) is 0 Å².